The lowest BCUT2D eigenvalue weighted by Gasteiger charge is -2.21. The predicted molar refractivity (Wildman–Crippen MR) is 122 cm³/mol. The lowest BCUT2D eigenvalue weighted by molar-refractivity contribution is -0.122. The molecule has 0 unspecified atom stereocenters. The van der Waals surface area contributed by atoms with Crippen LogP contribution in [0.3, 0.4) is 0 Å². The highest BCUT2D eigenvalue weighted by Gasteiger charge is 2.14. The second-order valence-corrected chi connectivity index (χ2v) is 9.03. The van der Waals surface area contributed by atoms with Crippen LogP contribution in [0.2, 0.25) is 0 Å². The molecule has 10 heteroatoms. The molecule has 0 radical (unpaired) electrons. The first kappa shape index (κ1) is 24.2. The number of hydrogen-bond acceptors (Lipinski definition) is 6. The number of primary sulfonamides is 1. The third kappa shape index (κ3) is 7.28. The molecule has 174 valence electrons. The van der Waals surface area contributed by atoms with Gasteiger partial charge >= 0.3 is 0 Å². The molecule has 0 aliphatic rings. The van der Waals surface area contributed by atoms with Gasteiger partial charge in [0.05, 0.1) is 24.2 Å². The third-order valence-corrected chi connectivity index (χ3v) is 5.85. The monoisotopic (exact) mass is 470 g/mol. The number of nitrogens with zero attached hydrogens (tertiary/aromatic N) is 1. The van der Waals surface area contributed by atoms with Crippen LogP contribution < -0.4 is 15.8 Å². The van der Waals surface area contributed by atoms with Crippen molar-refractivity contribution in [2.75, 3.05) is 13.6 Å². The number of carbonyl (C=O) groups excluding carboxylic acids is 2. The topological polar surface area (TPSA) is 135 Å². The van der Waals surface area contributed by atoms with Crippen molar-refractivity contribution in [3.05, 3.63) is 89.4 Å². The summed E-state index contributed by atoms with van der Waals surface area (Å²) in [7, 11) is -2.18. The summed E-state index contributed by atoms with van der Waals surface area (Å²) >= 11 is 0. The molecule has 0 spiro atoms. The summed E-state index contributed by atoms with van der Waals surface area (Å²) in [6.45, 7) is 1.28. The highest BCUT2D eigenvalue weighted by Crippen LogP contribution is 2.12. The Balaban J connectivity index is 1.62. The quantitative estimate of drug-likeness (QED) is 0.412. The number of rotatable bonds is 10. The minimum absolute atomic E-state index is 0.0182. The van der Waals surface area contributed by atoms with Gasteiger partial charge in [-0.15, -0.1) is 0 Å². The maximum atomic E-state index is 12.6. The third-order valence-electron chi connectivity index (χ3n) is 4.92. The van der Waals surface area contributed by atoms with E-state index in [0.717, 1.165) is 16.9 Å². The number of furan rings is 1. The van der Waals surface area contributed by atoms with Crippen LogP contribution in [0.4, 0.5) is 0 Å². The molecule has 0 fully saturated rings. The summed E-state index contributed by atoms with van der Waals surface area (Å²) in [5, 5.41) is 10.5. The number of benzene rings is 2. The predicted octanol–water partition coefficient (Wildman–Crippen LogP) is 1.61. The van der Waals surface area contributed by atoms with Crippen LogP contribution in [0.5, 0.6) is 0 Å². The van der Waals surface area contributed by atoms with Crippen molar-refractivity contribution in [3.8, 4) is 0 Å². The van der Waals surface area contributed by atoms with Gasteiger partial charge in [-0.1, -0.05) is 24.3 Å². The van der Waals surface area contributed by atoms with Gasteiger partial charge in [-0.3, -0.25) is 14.5 Å². The van der Waals surface area contributed by atoms with E-state index >= 15 is 0 Å². The average molecular weight is 471 g/mol. The van der Waals surface area contributed by atoms with E-state index in [4.69, 9.17) is 9.56 Å². The Labute approximate surface area is 192 Å². The molecule has 33 heavy (non-hydrogen) atoms. The van der Waals surface area contributed by atoms with Crippen LogP contribution in [0, 0.1) is 0 Å². The first-order valence-electron chi connectivity index (χ1n) is 10.2. The van der Waals surface area contributed by atoms with Gasteiger partial charge in [-0.25, -0.2) is 13.6 Å². The molecule has 0 aliphatic carbocycles. The van der Waals surface area contributed by atoms with Gasteiger partial charge in [0.1, 0.15) is 5.76 Å². The number of carbonyl (C=O) groups is 2. The summed E-state index contributed by atoms with van der Waals surface area (Å²) in [6, 6.07) is 16.8. The molecule has 0 saturated carbocycles. The molecule has 3 rings (SSSR count). The van der Waals surface area contributed by atoms with Gasteiger partial charge in [0, 0.05) is 25.7 Å². The molecule has 3 aromatic rings. The zero-order chi connectivity index (χ0) is 23.8. The van der Waals surface area contributed by atoms with Crippen molar-refractivity contribution in [1.29, 1.82) is 0 Å². The highest BCUT2D eigenvalue weighted by atomic mass is 32.2. The number of sulfonamides is 1. The van der Waals surface area contributed by atoms with E-state index in [9.17, 15) is 18.0 Å². The molecule has 4 N–H and O–H groups in total. The van der Waals surface area contributed by atoms with E-state index in [0.29, 0.717) is 18.7 Å². The number of hydrogen-bond donors (Lipinski definition) is 3. The Morgan fingerprint density at radius 2 is 1.64 bits per heavy atom. The van der Waals surface area contributed by atoms with Crippen molar-refractivity contribution in [2.24, 2.45) is 5.14 Å². The van der Waals surface area contributed by atoms with E-state index < -0.39 is 10.0 Å². The van der Waals surface area contributed by atoms with Gasteiger partial charge in [0.25, 0.3) is 5.91 Å². The fourth-order valence-corrected chi connectivity index (χ4v) is 3.73. The molecule has 1 heterocycles. The number of amides is 2. The van der Waals surface area contributed by atoms with Crippen LogP contribution >= 0.6 is 0 Å². The summed E-state index contributed by atoms with van der Waals surface area (Å²) in [5.41, 5.74) is 2.25. The van der Waals surface area contributed by atoms with Crippen molar-refractivity contribution in [3.63, 3.8) is 0 Å². The van der Waals surface area contributed by atoms with Crippen LogP contribution in [-0.4, -0.2) is 38.7 Å². The Hall–Kier alpha value is -3.47. The maximum Gasteiger partial charge on any atom is 0.251 e. The minimum atomic E-state index is -3.76. The smallest absolute Gasteiger partial charge is 0.251 e. The molecule has 0 atom stereocenters. The van der Waals surface area contributed by atoms with Gasteiger partial charge in [-0.2, -0.15) is 0 Å². The first-order valence-corrected chi connectivity index (χ1v) is 11.7. The summed E-state index contributed by atoms with van der Waals surface area (Å²) in [6.07, 6.45) is 1.58. The molecule has 0 bridgehead atoms. The minimum Gasteiger partial charge on any atom is -0.468 e. The Kier molecular flexibility index (Phi) is 7.99. The molecule has 2 aromatic carbocycles. The Morgan fingerprint density at radius 3 is 2.21 bits per heavy atom. The second kappa shape index (κ2) is 10.9. The van der Waals surface area contributed by atoms with E-state index in [1.54, 1.807) is 43.6 Å². The molecule has 2 amide bonds. The Bertz CT molecular complexity index is 1170. The van der Waals surface area contributed by atoms with Gasteiger partial charge < -0.3 is 15.1 Å². The number of nitrogens with one attached hydrogen (secondary N) is 2. The Morgan fingerprint density at radius 1 is 0.970 bits per heavy atom. The SMILES string of the molecule is CNC(=O)c1ccc(CN(CC(=O)NCc2ccc(S(N)(=O)=O)cc2)Cc2ccco2)cc1. The molecule has 0 aliphatic heterocycles. The second-order valence-electron chi connectivity index (χ2n) is 7.47. The normalized spacial score (nSPS) is 11.4. The molecule has 1 aromatic heterocycles. The van der Waals surface area contributed by atoms with E-state index in [2.05, 4.69) is 10.6 Å². The van der Waals surface area contributed by atoms with E-state index in [-0.39, 0.29) is 29.8 Å². The van der Waals surface area contributed by atoms with Gasteiger partial charge in [0.15, 0.2) is 0 Å². The van der Waals surface area contributed by atoms with E-state index in [1.807, 2.05) is 23.1 Å². The van der Waals surface area contributed by atoms with Crippen LogP contribution in [0.1, 0.15) is 27.2 Å². The van der Waals surface area contributed by atoms with Crippen molar-refractivity contribution >= 4 is 21.8 Å². The molecule has 9 nitrogen and oxygen atoms in total. The van der Waals surface area contributed by atoms with Crippen molar-refractivity contribution in [1.82, 2.24) is 15.5 Å². The largest absolute Gasteiger partial charge is 0.468 e. The van der Waals surface area contributed by atoms with E-state index in [1.165, 1.54) is 12.1 Å². The fourth-order valence-electron chi connectivity index (χ4n) is 3.21. The fraction of sp³-hybridized carbons (Fsp3) is 0.217. The molecular weight excluding hydrogens is 444 g/mol. The lowest BCUT2D eigenvalue weighted by atomic mass is 10.1. The van der Waals surface area contributed by atoms with Crippen LogP contribution in [-0.2, 0) is 34.5 Å². The zero-order valence-electron chi connectivity index (χ0n) is 18.2. The van der Waals surface area contributed by atoms with Gasteiger partial charge in [-0.05, 0) is 47.5 Å². The highest BCUT2D eigenvalue weighted by molar-refractivity contribution is 7.89. The van der Waals surface area contributed by atoms with Crippen molar-refractivity contribution in [2.45, 2.75) is 24.5 Å². The zero-order valence-corrected chi connectivity index (χ0v) is 19.0. The van der Waals surface area contributed by atoms with Gasteiger partial charge in [0.2, 0.25) is 15.9 Å². The number of nitrogens with two attached hydrogens (primary N) is 1. The lowest BCUT2D eigenvalue weighted by Crippen LogP contribution is -2.36. The summed E-state index contributed by atoms with van der Waals surface area (Å²) < 4.78 is 28.1. The maximum absolute atomic E-state index is 12.6. The average Bonchev–Trinajstić information content (AvgIpc) is 3.30. The van der Waals surface area contributed by atoms with Crippen LogP contribution in [0.25, 0.3) is 0 Å². The standard InChI is InChI=1S/C23H26N4O5S/c1-25-23(29)19-8-4-18(5-9-19)14-27(15-20-3-2-12-32-20)16-22(28)26-13-17-6-10-21(11-7-17)33(24,30)31/h2-12H,13-16H2,1H3,(H,25,29)(H,26,28)(H2,24,30,31). The molecule has 0 saturated heterocycles. The van der Waals surface area contributed by atoms with Crippen molar-refractivity contribution < 1.29 is 22.4 Å². The first-order chi connectivity index (χ1) is 15.7. The van der Waals surface area contributed by atoms with Crippen LogP contribution in [0.15, 0.2) is 76.2 Å². The molecular formula is C23H26N4O5S. The summed E-state index contributed by atoms with van der Waals surface area (Å²) in [5.74, 6) is 0.368. The summed E-state index contributed by atoms with van der Waals surface area (Å²) in [4.78, 5) is 26.3.